The average molecular weight is 397 g/mol. The van der Waals surface area contributed by atoms with Gasteiger partial charge in [0.05, 0.1) is 13.1 Å². The molecule has 2 aromatic carbocycles. The Morgan fingerprint density at radius 2 is 1.69 bits per heavy atom. The Morgan fingerprint density at radius 3 is 2.38 bits per heavy atom. The van der Waals surface area contributed by atoms with E-state index in [1.807, 2.05) is 61.5 Å². The fraction of sp³-hybridized carbons (Fsp3) is 0.391. The highest BCUT2D eigenvalue weighted by atomic mass is 16.5. The van der Waals surface area contributed by atoms with Crippen molar-refractivity contribution in [2.45, 2.75) is 33.2 Å². The van der Waals surface area contributed by atoms with Crippen LogP contribution in [0, 0.1) is 0 Å². The number of guanidine groups is 1. The smallest absolute Gasteiger partial charge is 0.251 e. The van der Waals surface area contributed by atoms with Crippen molar-refractivity contribution < 1.29 is 9.53 Å². The highest BCUT2D eigenvalue weighted by Crippen LogP contribution is 2.08. The molecule has 29 heavy (non-hydrogen) atoms. The fourth-order valence-corrected chi connectivity index (χ4v) is 2.61. The summed E-state index contributed by atoms with van der Waals surface area (Å²) in [6, 6.07) is 17.3. The summed E-state index contributed by atoms with van der Waals surface area (Å²) in [5, 5.41) is 9.43. The molecule has 0 bridgehead atoms. The zero-order chi connectivity index (χ0) is 20.7. The van der Waals surface area contributed by atoms with Crippen LogP contribution in [0.15, 0.2) is 59.6 Å². The van der Waals surface area contributed by atoms with E-state index in [-0.39, 0.29) is 5.91 Å². The summed E-state index contributed by atoms with van der Waals surface area (Å²) in [6.07, 6.45) is 2.06. The molecule has 0 aromatic heterocycles. The number of ether oxygens (including phenoxy) is 1. The van der Waals surface area contributed by atoms with Gasteiger partial charge >= 0.3 is 0 Å². The molecule has 0 heterocycles. The summed E-state index contributed by atoms with van der Waals surface area (Å²) in [4.78, 5) is 16.7. The molecule has 0 atom stereocenters. The fourth-order valence-electron chi connectivity index (χ4n) is 2.61. The van der Waals surface area contributed by atoms with Gasteiger partial charge in [-0.25, -0.2) is 4.99 Å². The summed E-state index contributed by atoms with van der Waals surface area (Å²) in [5.41, 5.74) is 1.73. The summed E-state index contributed by atoms with van der Waals surface area (Å²) >= 11 is 0. The maximum absolute atomic E-state index is 12.1. The van der Waals surface area contributed by atoms with Crippen molar-refractivity contribution in [1.29, 1.82) is 0 Å². The highest BCUT2D eigenvalue weighted by molar-refractivity contribution is 5.94. The number of hydrogen-bond donors (Lipinski definition) is 3. The first-order chi connectivity index (χ1) is 14.2. The lowest BCUT2D eigenvalue weighted by Gasteiger charge is -2.12. The number of nitrogens with zero attached hydrogens (tertiary/aromatic N) is 1. The number of unbranched alkanes of at least 4 members (excludes halogenated alkanes) is 1. The molecule has 0 saturated carbocycles. The van der Waals surface area contributed by atoms with Gasteiger partial charge in [-0.3, -0.25) is 4.79 Å². The van der Waals surface area contributed by atoms with Crippen LogP contribution in [0.3, 0.4) is 0 Å². The number of hydrogen-bond acceptors (Lipinski definition) is 3. The van der Waals surface area contributed by atoms with E-state index in [0.717, 1.165) is 36.7 Å². The molecule has 6 nitrogen and oxygen atoms in total. The first kappa shape index (κ1) is 22.3. The zero-order valence-electron chi connectivity index (χ0n) is 17.4. The van der Waals surface area contributed by atoms with Crippen LogP contribution in [0.25, 0.3) is 0 Å². The summed E-state index contributed by atoms with van der Waals surface area (Å²) in [6.45, 7) is 7.37. The molecule has 6 heteroatoms. The van der Waals surface area contributed by atoms with Gasteiger partial charge in [0.2, 0.25) is 0 Å². The number of para-hydroxylation sites is 1. The van der Waals surface area contributed by atoms with E-state index in [1.54, 1.807) is 0 Å². The molecule has 0 aliphatic rings. The Kier molecular flexibility index (Phi) is 10.1. The van der Waals surface area contributed by atoms with Crippen molar-refractivity contribution in [1.82, 2.24) is 16.0 Å². The first-order valence-corrected chi connectivity index (χ1v) is 10.3. The van der Waals surface area contributed by atoms with E-state index in [2.05, 4.69) is 27.9 Å². The van der Waals surface area contributed by atoms with Crippen molar-refractivity contribution >= 4 is 11.9 Å². The normalized spacial score (nSPS) is 11.0. The van der Waals surface area contributed by atoms with Gasteiger partial charge in [-0.1, -0.05) is 43.7 Å². The van der Waals surface area contributed by atoms with Crippen LogP contribution in [0.4, 0.5) is 0 Å². The third-order valence-electron chi connectivity index (χ3n) is 4.20. The standard InChI is InChI=1S/C23H32N4O2/c1-3-5-15-25-22(28)20-13-11-19(12-14-20)18-27-23(24-4-2)26-16-17-29-21-9-7-6-8-10-21/h6-14H,3-5,15-18H2,1-2H3,(H,25,28)(H2,24,26,27). The second kappa shape index (κ2) is 13.2. The first-order valence-electron chi connectivity index (χ1n) is 10.3. The molecule has 0 fully saturated rings. The molecule has 2 rings (SSSR count). The molecule has 3 N–H and O–H groups in total. The van der Waals surface area contributed by atoms with Gasteiger partial charge in [0.25, 0.3) is 5.91 Å². The number of rotatable bonds is 11. The lowest BCUT2D eigenvalue weighted by atomic mass is 10.1. The SMILES string of the molecule is CCCCNC(=O)c1ccc(CN=C(NCC)NCCOc2ccccc2)cc1. The summed E-state index contributed by atoms with van der Waals surface area (Å²) < 4.78 is 5.68. The van der Waals surface area contributed by atoms with Crippen molar-refractivity contribution in [2.75, 3.05) is 26.2 Å². The third-order valence-corrected chi connectivity index (χ3v) is 4.20. The number of carbonyl (C=O) groups excluding carboxylic acids is 1. The molecule has 156 valence electrons. The van der Waals surface area contributed by atoms with Gasteiger partial charge in [-0.2, -0.15) is 0 Å². The van der Waals surface area contributed by atoms with E-state index < -0.39 is 0 Å². The van der Waals surface area contributed by atoms with Crippen LogP contribution in [0.1, 0.15) is 42.6 Å². The summed E-state index contributed by atoms with van der Waals surface area (Å²) in [7, 11) is 0. The van der Waals surface area contributed by atoms with E-state index in [4.69, 9.17) is 4.74 Å². The minimum Gasteiger partial charge on any atom is -0.492 e. The van der Waals surface area contributed by atoms with Crippen molar-refractivity contribution in [3.8, 4) is 5.75 Å². The number of benzene rings is 2. The third kappa shape index (κ3) is 8.68. The largest absolute Gasteiger partial charge is 0.492 e. The zero-order valence-corrected chi connectivity index (χ0v) is 17.4. The van der Waals surface area contributed by atoms with Crippen LogP contribution < -0.4 is 20.7 Å². The summed E-state index contributed by atoms with van der Waals surface area (Å²) in [5.74, 6) is 1.57. The highest BCUT2D eigenvalue weighted by Gasteiger charge is 2.04. The van der Waals surface area contributed by atoms with Gasteiger partial charge in [-0.05, 0) is 43.2 Å². The number of amides is 1. The maximum Gasteiger partial charge on any atom is 0.251 e. The second-order valence-electron chi connectivity index (χ2n) is 6.59. The number of carbonyl (C=O) groups is 1. The lowest BCUT2D eigenvalue weighted by molar-refractivity contribution is 0.0953. The van der Waals surface area contributed by atoms with E-state index in [9.17, 15) is 4.79 Å². The Balaban J connectivity index is 1.80. The second-order valence-corrected chi connectivity index (χ2v) is 6.59. The van der Waals surface area contributed by atoms with Gasteiger partial charge in [0.1, 0.15) is 12.4 Å². The van der Waals surface area contributed by atoms with Crippen molar-refractivity contribution in [2.24, 2.45) is 4.99 Å². The van der Waals surface area contributed by atoms with E-state index in [0.29, 0.717) is 31.8 Å². The Morgan fingerprint density at radius 1 is 0.931 bits per heavy atom. The number of nitrogens with one attached hydrogen (secondary N) is 3. The minimum atomic E-state index is -0.0260. The monoisotopic (exact) mass is 396 g/mol. The lowest BCUT2D eigenvalue weighted by Crippen LogP contribution is -2.39. The Bertz CT molecular complexity index is 745. The van der Waals surface area contributed by atoms with Crippen molar-refractivity contribution in [3.63, 3.8) is 0 Å². The maximum atomic E-state index is 12.1. The molecule has 0 saturated heterocycles. The minimum absolute atomic E-state index is 0.0260. The van der Waals surface area contributed by atoms with Crippen LogP contribution >= 0.6 is 0 Å². The predicted octanol–water partition coefficient (Wildman–Crippen LogP) is 3.35. The molecule has 1 amide bonds. The van der Waals surface area contributed by atoms with Crippen LogP contribution in [0.5, 0.6) is 5.75 Å². The molecular weight excluding hydrogens is 364 g/mol. The van der Waals surface area contributed by atoms with Gasteiger partial charge in [0.15, 0.2) is 5.96 Å². The van der Waals surface area contributed by atoms with E-state index >= 15 is 0 Å². The van der Waals surface area contributed by atoms with Gasteiger partial charge < -0.3 is 20.7 Å². The molecule has 0 unspecified atom stereocenters. The molecule has 0 aliphatic heterocycles. The van der Waals surface area contributed by atoms with Crippen LogP contribution in [-0.2, 0) is 6.54 Å². The molecule has 0 spiro atoms. The van der Waals surface area contributed by atoms with Gasteiger partial charge in [-0.15, -0.1) is 0 Å². The molecule has 2 aromatic rings. The van der Waals surface area contributed by atoms with E-state index in [1.165, 1.54) is 0 Å². The number of aliphatic imine (C=N–C) groups is 1. The topological polar surface area (TPSA) is 74.8 Å². The molecule has 0 aliphatic carbocycles. The quantitative estimate of drug-likeness (QED) is 0.309. The Hall–Kier alpha value is -3.02. The Labute approximate surface area is 173 Å². The molecular formula is C23H32N4O2. The average Bonchev–Trinajstić information content (AvgIpc) is 2.76. The molecule has 0 radical (unpaired) electrons. The van der Waals surface area contributed by atoms with Crippen molar-refractivity contribution in [3.05, 3.63) is 65.7 Å². The van der Waals surface area contributed by atoms with Gasteiger partial charge in [0, 0.05) is 18.7 Å². The predicted molar refractivity (Wildman–Crippen MR) is 118 cm³/mol. The van der Waals surface area contributed by atoms with Crippen LogP contribution in [0.2, 0.25) is 0 Å². The van der Waals surface area contributed by atoms with Crippen LogP contribution in [-0.4, -0.2) is 38.1 Å².